The van der Waals surface area contributed by atoms with E-state index in [1.54, 1.807) is 6.92 Å². The summed E-state index contributed by atoms with van der Waals surface area (Å²) < 4.78 is 61.2. The van der Waals surface area contributed by atoms with E-state index in [9.17, 15) is 22.0 Å². The summed E-state index contributed by atoms with van der Waals surface area (Å²) >= 11 is 0. The van der Waals surface area contributed by atoms with Gasteiger partial charge in [0.1, 0.15) is 0 Å². The van der Waals surface area contributed by atoms with E-state index < -0.39 is 24.4 Å². The van der Waals surface area contributed by atoms with Crippen molar-refractivity contribution in [2.24, 2.45) is 5.92 Å². The molecule has 0 aliphatic heterocycles. The molecule has 0 saturated heterocycles. The fourth-order valence-electron chi connectivity index (χ4n) is 1.60. The van der Waals surface area contributed by atoms with Crippen molar-refractivity contribution in [3.63, 3.8) is 0 Å². The second-order valence-corrected chi connectivity index (χ2v) is 4.30. The lowest BCUT2D eigenvalue weighted by Gasteiger charge is -2.14. The first-order valence-corrected chi connectivity index (χ1v) is 5.49. The fourth-order valence-corrected chi connectivity index (χ4v) is 1.60. The zero-order valence-electron chi connectivity index (χ0n) is 9.82. The molecule has 1 N–H and O–H groups in total. The Labute approximate surface area is 102 Å². The Morgan fingerprint density at radius 2 is 1.83 bits per heavy atom. The van der Waals surface area contributed by atoms with Crippen molar-refractivity contribution in [1.29, 1.82) is 0 Å². The van der Waals surface area contributed by atoms with E-state index in [-0.39, 0.29) is 12.5 Å². The second kappa shape index (κ2) is 6.13. The molecule has 0 heterocycles. The Bertz CT molecular complexity index is 389. The van der Waals surface area contributed by atoms with Crippen LogP contribution in [0.3, 0.4) is 0 Å². The van der Waals surface area contributed by atoms with Crippen LogP contribution in [0.2, 0.25) is 0 Å². The van der Waals surface area contributed by atoms with Gasteiger partial charge in [0.15, 0.2) is 11.6 Å². The second-order valence-electron chi connectivity index (χ2n) is 4.30. The lowest BCUT2D eigenvalue weighted by Crippen LogP contribution is -2.32. The van der Waals surface area contributed by atoms with Gasteiger partial charge in [0.2, 0.25) is 0 Å². The molecule has 1 rings (SSSR count). The molecule has 1 atom stereocenters. The third-order valence-electron chi connectivity index (χ3n) is 2.39. The van der Waals surface area contributed by atoms with Gasteiger partial charge in [0, 0.05) is 0 Å². The first-order valence-electron chi connectivity index (χ1n) is 5.49. The zero-order valence-corrected chi connectivity index (χ0v) is 9.82. The van der Waals surface area contributed by atoms with Gasteiger partial charge in [-0.25, -0.2) is 8.78 Å². The molecule has 0 aromatic heterocycles. The van der Waals surface area contributed by atoms with Crippen molar-refractivity contribution in [3.8, 4) is 0 Å². The van der Waals surface area contributed by atoms with Gasteiger partial charge in [0.05, 0.1) is 6.54 Å². The molecule has 0 bridgehead atoms. The van der Waals surface area contributed by atoms with Gasteiger partial charge < -0.3 is 5.32 Å². The summed E-state index contributed by atoms with van der Waals surface area (Å²) in [7, 11) is 0. The van der Waals surface area contributed by atoms with Gasteiger partial charge in [-0.2, -0.15) is 13.2 Å². The number of hydrogen-bond donors (Lipinski definition) is 1. The van der Waals surface area contributed by atoms with Gasteiger partial charge in [-0.05, 0) is 36.6 Å². The molecule has 0 amide bonds. The molecule has 0 aliphatic rings. The summed E-state index contributed by atoms with van der Waals surface area (Å²) in [5.41, 5.74) is 0.565. The standard InChI is InChI=1S/C12H14F5N/c1-8(6-18-7-12(15,16)17)4-9-2-3-10(13)11(14)5-9/h2-3,5,8,18H,4,6-7H2,1H3. The first-order chi connectivity index (χ1) is 8.28. The van der Waals surface area contributed by atoms with Crippen LogP contribution >= 0.6 is 0 Å². The Morgan fingerprint density at radius 3 is 2.39 bits per heavy atom. The molecule has 1 aromatic carbocycles. The highest BCUT2D eigenvalue weighted by molar-refractivity contribution is 5.18. The summed E-state index contributed by atoms with van der Waals surface area (Å²) in [6.45, 7) is 0.859. The smallest absolute Gasteiger partial charge is 0.308 e. The van der Waals surface area contributed by atoms with Gasteiger partial charge in [-0.3, -0.25) is 0 Å². The van der Waals surface area contributed by atoms with Crippen LogP contribution in [0.25, 0.3) is 0 Å². The molecule has 0 fully saturated rings. The molecular weight excluding hydrogens is 253 g/mol. The van der Waals surface area contributed by atoms with Gasteiger partial charge in [0.25, 0.3) is 0 Å². The van der Waals surface area contributed by atoms with Crippen LogP contribution in [-0.4, -0.2) is 19.3 Å². The molecule has 1 nitrogen and oxygen atoms in total. The van der Waals surface area contributed by atoms with E-state index in [0.717, 1.165) is 12.1 Å². The summed E-state index contributed by atoms with van der Waals surface area (Å²) in [5.74, 6) is -1.97. The molecule has 0 saturated carbocycles. The molecule has 0 radical (unpaired) electrons. The molecule has 102 valence electrons. The predicted molar refractivity (Wildman–Crippen MR) is 58.2 cm³/mol. The number of halogens is 5. The Hall–Kier alpha value is -1.17. The average Bonchev–Trinajstić information content (AvgIpc) is 2.21. The SMILES string of the molecule is CC(CNCC(F)(F)F)Cc1ccc(F)c(F)c1. The van der Waals surface area contributed by atoms with E-state index >= 15 is 0 Å². The molecular formula is C12H14F5N. The van der Waals surface area contributed by atoms with E-state index in [1.807, 2.05) is 0 Å². The molecule has 1 unspecified atom stereocenters. The Morgan fingerprint density at radius 1 is 1.17 bits per heavy atom. The third-order valence-corrected chi connectivity index (χ3v) is 2.39. The lowest BCUT2D eigenvalue weighted by atomic mass is 10.0. The highest BCUT2D eigenvalue weighted by atomic mass is 19.4. The summed E-state index contributed by atoms with van der Waals surface area (Å²) in [4.78, 5) is 0. The van der Waals surface area contributed by atoms with E-state index in [0.29, 0.717) is 12.0 Å². The molecule has 6 heteroatoms. The summed E-state index contributed by atoms with van der Waals surface area (Å²) in [6.07, 6.45) is -3.84. The number of benzene rings is 1. The largest absolute Gasteiger partial charge is 0.401 e. The molecule has 18 heavy (non-hydrogen) atoms. The van der Waals surface area contributed by atoms with Crippen molar-refractivity contribution in [2.45, 2.75) is 19.5 Å². The van der Waals surface area contributed by atoms with Crippen LogP contribution in [0.4, 0.5) is 22.0 Å². The number of rotatable bonds is 5. The highest BCUT2D eigenvalue weighted by Crippen LogP contribution is 2.14. The molecule has 0 spiro atoms. The third kappa shape index (κ3) is 5.44. The van der Waals surface area contributed by atoms with Crippen LogP contribution < -0.4 is 5.32 Å². The minimum atomic E-state index is -4.23. The van der Waals surface area contributed by atoms with E-state index in [4.69, 9.17) is 0 Å². The predicted octanol–water partition coefficient (Wildman–Crippen LogP) is 3.30. The van der Waals surface area contributed by atoms with E-state index in [2.05, 4.69) is 5.32 Å². The Balaban J connectivity index is 2.40. The maximum absolute atomic E-state index is 12.9. The molecule has 1 aromatic rings. The van der Waals surface area contributed by atoms with Crippen molar-refractivity contribution in [1.82, 2.24) is 5.32 Å². The number of alkyl halides is 3. The highest BCUT2D eigenvalue weighted by Gasteiger charge is 2.26. The number of nitrogens with one attached hydrogen (secondary N) is 1. The average molecular weight is 267 g/mol. The Kier molecular flexibility index (Phi) is 5.07. The van der Waals surface area contributed by atoms with Crippen molar-refractivity contribution < 1.29 is 22.0 Å². The van der Waals surface area contributed by atoms with Crippen LogP contribution in [0.5, 0.6) is 0 Å². The summed E-state index contributed by atoms with van der Waals surface area (Å²) in [6, 6.07) is 3.51. The quantitative estimate of drug-likeness (QED) is 0.807. The van der Waals surface area contributed by atoms with Crippen LogP contribution in [-0.2, 0) is 6.42 Å². The minimum Gasteiger partial charge on any atom is -0.308 e. The minimum absolute atomic E-state index is 0.0998. The number of hydrogen-bond acceptors (Lipinski definition) is 1. The van der Waals surface area contributed by atoms with Crippen LogP contribution in [0.15, 0.2) is 18.2 Å². The zero-order chi connectivity index (χ0) is 13.8. The van der Waals surface area contributed by atoms with Gasteiger partial charge in [-0.15, -0.1) is 0 Å². The van der Waals surface area contributed by atoms with Crippen LogP contribution in [0.1, 0.15) is 12.5 Å². The summed E-state index contributed by atoms with van der Waals surface area (Å²) in [5, 5.41) is 2.28. The van der Waals surface area contributed by atoms with Gasteiger partial charge in [-0.1, -0.05) is 13.0 Å². The van der Waals surface area contributed by atoms with Crippen LogP contribution in [0, 0.1) is 17.6 Å². The monoisotopic (exact) mass is 267 g/mol. The fraction of sp³-hybridized carbons (Fsp3) is 0.500. The maximum atomic E-state index is 12.9. The van der Waals surface area contributed by atoms with E-state index in [1.165, 1.54) is 6.07 Å². The first kappa shape index (κ1) is 14.9. The lowest BCUT2D eigenvalue weighted by molar-refractivity contribution is -0.125. The van der Waals surface area contributed by atoms with Gasteiger partial charge >= 0.3 is 6.18 Å². The van der Waals surface area contributed by atoms with Crippen molar-refractivity contribution in [3.05, 3.63) is 35.4 Å². The normalized spacial score (nSPS) is 13.7. The topological polar surface area (TPSA) is 12.0 Å². The van der Waals surface area contributed by atoms with Crippen molar-refractivity contribution in [2.75, 3.05) is 13.1 Å². The molecule has 0 aliphatic carbocycles. The maximum Gasteiger partial charge on any atom is 0.401 e. The van der Waals surface area contributed by atoms with Crippen molar-refractivity contribution >= 4 is 0 Å².